The van der Waals surface area contributed by atoms with Crippen LogP contribution in [0, 0.1) is 0 Å². The Hall–Kier alpha value is -4.39. The first-order valence-corrected chi connectivity index (χ1v) is 10.2. The number of rotatable bonds is 5. The zero-order valence-corrected chi connectivity index (χ0v) is 17.1. The van der Waals surface area contributed by atoms with Crippen LogP contribution in [0.4, 0.5) is 5.82 Å². The van der Waals surface area contributed by atoms with Crippen molar-refractivity contribution in [3.63, 3.8) is 0 Å². The molecule has 0 atom stereocenters. The monoisotopic (exact) mass is 424 g/mol. The summed E-state index contributed by atoms with van der Waals surface area (Å²) in [5, 5.41) is 10.0. The third kappa shape index (κ3) is 3.96. The summed E-state index contributed by atoms with van der Waals surface area (Å²) in [7, 11) is 0. The van der Waals surface area contributed by atoms with Gasteiger partial charge in [0, 0.05) is 16.7 Å². The molecule has 3 aromatic carbocycles. The Kier molecular flexibility index (Phi) is 5.13. The zero-order valence-electron chi connectivity index (χ0n) is 17.1. The molecule has 5 rings (SSSR count). The molecule has 7 heteroatoms. The van der Waals surface area contributed by atoms with E-state index in [-0.39, 0.29) is 11.8 Å². The standard InChI is InChI=1S/C25H20N4O3/c30-24(17-11-13-20(14-12-17)32-19-9-5-2-6-10-19)26-23-21-15-29(16-22(21)27-28-23)25(31)18-7-3-1-4-8-18/h1-14H,15-16H2,(H2,26,27,28,30). The molecule has 2 heterocycles. The average Bonchev–Trinajstić information content (AvgIpc) is 3.42. The molecule has 2 N–H and O–H groups in total. The number of hydrogen-bond acceptors (Lipinski definition) is 4. The SMILES string of the molecule is O=C(Nc1n[nH]c2c1CN(C(=O)c1ccccc1)C2)c1ccc(Oc2ccccc2)cc1. The summed E-state index contributed by atoms with van der Waals surface area (Å²) in [5.74, 6) is 1.48. The van der Waals surface area contributed by atoms with Crippen molar-refractivity contribution in [3.8, 4) is 11.5 Å². The smallest absolute Gasteiger partial charge is 0.256 e. The van der Waals surface area contributed by atoms with E-state index in [1.165, 1.54) is 0 Å². The second-order valence-electron chi connectivity index (χ2n) is 7.45. The summed E-state index contributed by atoms with van der Waals surface area (Å²) >= 11 is 0. The number of nitrogens with one attached hydrogen (secondary N) is 2. The lowest BCUT2D eigenvalue weighted by molar-refractivity contribution is 0.0749. The van der Waals surface area contributed by atoms with Crippen LogP contribution in [0.2, 0.25) is 0 Å². The maximum Gasteiger partial charge on any atom is 0.256 e. The molecule has 0 radical (unpaired) electrons. The minimum atomic E-state index is -0.279. The Morgan fingerprint density at radius 2 is 1.47 bits per heavy atom. The van der Waals surface area contributed by atoms with E-state index < -0.39 is 0 Å². The van der Waals surface area contributed by atoms with Crippen molar-refractivity contribution in [2.45, 2.75) is 13.1 Å². The van der Waals surface area contributed by atoms with Crippen molar-refractivity contribution in [1.29, 1.82) is 0 Å². The lowest BCUT2D eigenvalue weighted by atomic mass is 10.2. The number of H-pyrrole nitrogens is 1. The third-order valence-corrected chi connectivity index (χ3v) is 5.29. The second kappa shape index (κ2) is 8.39. The van der Waals surface area contributed by atoms with Gasteiger partial charge in [-0.1, -0.05) is 36.4 Å². The van der Waals surface area contributed by atoms with E-state index in [2.05, 4.69) is 15.5 Å². The molecule has 0 aliphatic carbocycles. The van der Waals surface area contributed by atoms with Crippen molar-refractivity contribution in [2.75, 3.05) is 5.32 Å². The maximum atomic E-state index is 12.7. The predicted octanol–water partition coefficient (Wildman–Crippen LogP) is 4.61. The van der Waals surface area contributed by atoms with E-state index in [0.717, 1.165) is 17.0 Å². The van der Waals surface area contributed by atoms with Gasteiger partial charge in [0.05, 0.1) is 18.8 Å². The van der Waals surface area contributed by atoms with E-state index >= 15 is 0 Å². The summed E-state index contributed by atoms with van der Waals surface area (Å²) in [4.78, 5) is 27.2. The molecule has 0 unspecified atom stereocenters. The largest absolute Gasteiger partial charge is 0.457 e. The van der Waals surface area contributed by atoms with Crippen LogP contribution in [0.5, 0.6) is 11.5 Å². The quantitative estimate of drug-likeness (QED) is 0.490. The number of nitrogens with zero attached hydrogens (tertiary/aromatic N) is 2. The van der Waals surface area contributed by atoms with Gasteiger partial charge in [-0.05, 0) is 48.5 Å². The van der Waals surface area contributed by atoms with Crippen molar-refractivity contribution in [1.82, 2.24) is 15.1 Å². The van der Waals surface area contributed by atoms with Gasteiger partial charge in [0.15, 0.2) is 5.82 Å². The number of carbonyl (C=O) groups excluding carboxylic acids is 2. The highest BCUT2D eigenvalue weighted by atomic mass is 16.5. The Morgan fingerprint density at radius 1 is 0.812 bits per heavy atom. The van der Waals surface area contributed by atoms with Gasteiger partial charge in [0.2, 0.25) is 0 Å². The molecule has 0 fully saturated rings. The highest BCUT2D eigenvalue weighted by Crippen LogP contribution is 2.29. The normalized spacial score (nSPS) is 12.3. The van der Waals surface area contributed by atoms with Gasteiger partial charge in [-0.2, -0.15) is 5.10 Å². The fourth-order valence-electron chi connectivity index (χ4n) is 3.63. The Balaban J connectivity index is 1.25. The first-order chi connectivity index (χ1) is 15.7. The van der Waals surface area contributed by atoms with Gasteiger partial charge < -0.3 is 15.0 Å². The number of carbonyl (C=O) groups is 2. The van der Waals surface area contributed by atoms with E-state index in [1.807, 2.05) is 48.5 Å². The van der Waals surface area contributed by atoms with Crippen molar-refractivity contribution < 1.29 is 14.3 Å². The summed E-state index contributed by atoms with van der Waals surface area (Å²) in [6.07, 6.45) is 0. The first-order valence-electron chi connectivity index (χ1n) is 10.2. The van der Waals surface area contributed by atoms with Crippen LogP contribution in [0.25, 0.3) is 0 Å². The van der Waals surface area contributed by atoms with Crippen LogP contribution in [0.1, 0.15) is 32.0 Å². The van der Waals surface area contributed by atoms with Gasteiger partial charge in [0.25, 0.3) is 11.8 Å². The van der Waals surface area contributed by atoms with Crippen molar-refractivity contribution in [2.24, 2.45) is 0 Å². The number of fused-ring (bicyclic) bond motifs is 1. The first kappa shape index (κ1) is 19.6. The summed E-state index contributed by atoms with van der Waals surface area (Å²) in [6.45, 7) is 0.816. The number of amides is 2. The van der Waals surface area contributed by atoms with Crippen LogP contribution >= 0.6 is 0 Å². The Morgan fingerprint density at radius 3 is 2.19 bits per heavy atom. The van der Waals surface area contributed by atoms with Crippen LogP contribution in [-0.2, 0) is 13.1 Å². The topological polar surface area (TPSA) is 87.3 Å². The Bertz CT molecular complexity index is 1250. The molecule has 158 valence electrons. The predicted molar refractivity (Wildman–Crippen MR) is 120 cm³/mol. The molecule has 1 aliphatic heterocycles. The van der Waals surface area contributed by atoms with Gasteiger partial charge in [0.1, 0.15) is 11.5 Å². The van der Waals surface area contributed by atoms with Gasteiger partial charge >= 0.3 is 0 Å². The van der Waals surface area contributed by atoms with Crippen LogP contribution in [0.15, 0.2) is 84.9 Å². The third-order valence-electron chi connectivity index (χ3n) is 5.29. The molecule has 0 saturated heterocycles. The van der Waals surface area contributed by atoms with Gasteiger partial charge in [-0.15, -0.1) is 0 Å². The number of ether oxygens (including phenoxy) is 1. The molecule has 1 aliphatic rings. The summed E-state index contributed by atoms with van der Waals surface area (Å²) in [5.41, 5.74) is 2.77. The molecular formula is C25H20N4O3. The van der Waals surface area contributed by atoms with Gasteiger partial charge in [-0.3, -0.25) is 14.7 Å². The molecule has 1 aromatic heterocycles. The highest BCUT2D eigenvalue weighted by molar-refractivity contribution is 6.04. The number of para-hydroxylation sites is 1. The highest BCUT2D eigenvalue weighted by Gasteiger charge is 2.29. The maximum absolute atomic E-state index is 12.7. The van der Waals surface area contributed by atoms with E-state index in [0.29, 0.717) is 35.8 Å². The summed E-state index contributed by atoms with van der Waals surface area (Å²) < 4.78 is 5.76. The minimum absolute atomic E-state index is 0.0542. The molecule has 2 amide bonds. The minimum Gasteiger partial charge on any atom is -0.457 e. The second-order valence-corrected chi connectivity index (χ2v) is 7.45. The fourth-order valence-corrected chi connectivity index (χ4v) is 3.63. The fraction of sp³-hybridized carbons (Fsp3) is 0.0800. The number of benzene rings is 3. The molecule has 7 nitrogen and oxygen atoms in total. The lowest BCUT2D eigenvalue weighted by Gasteiger charge is -2.15. The Labute approximate surface area is 184 Å². The van der Waals surface area contributed by atoms with E-state index in [1.54, 1.807) is 41.3 Å². The number of aromatic nitrogens is 2. The summed E-state index contributed by atoms with van der Waals surface area (Å²) in [6, 6.07) is 25.5. The zero-order chi connectivity index (χ0) is 21.9. The molecule has 32 heavy (non-hydrogen) atoms. The lowest BCUT2D eigenvalue weighted by Crippen LogP contribution is -2.26. The average molecular weight is 424 g/mol. The van der Waals surface area contributed by atoms with Gasteiger partial charge in [-0.25, -0.2) is 0 Å². The van der Waals surface area contributed by atoms with E-state index in [9.17, 15) is 9.59 Å². The van der Waals surface area contributed by atoms with Crippen LogP contribution < -0.4 is 10.1 Å². The molecular weight excluding hydrogens is 404 g/mol. The molecule has 0 bridgehead atoms. The molecule has 0 saturated carbocycles. The van der Waals surface area contributed by atoms with Crippen molar-refractivity contribution in [3.05, 3.63) is 107 Å². The number of hydrogen-bond donors (Lipinski definition) is 2. The van der Waals surface area contributed by atoms with E-state index in [4.69, 9.17) is 4.74 Å². The number of anilines is 1. The van der Waals surface area contributed by atoms with Crippen molar-refractivity contribution >= 4 is 17.6 Å². The number of aromatic amines is 1. The van der Waals surface area contributed by atoms with Crippen LogP contribution in [-0.4, -0.2) is 26.9 Å². The molecule has 4 aromatic rings. The van der Waals surface area contributed by atoms with Crippen LogP contribution in [0.3, 0.4) is 0 Å². The molecule has 0 spiro atoms.